The van der Waals surface area contributed by atoms with Gasteiger partial charge in [0.25, 0.3) is 6.55 Å². The average Bonchev–Trinajstić information content (AvgIpc) is 2.72. The van der Waals surface area contributed by atoms with Gasteiger partial charge in [-0.15, -0.1) is 10.9 Å². The van der Waals surface area contributed by atoms with Crippen LogP contribution in [-0.2, 0) is 14.0 Å². The van der Waals surface area contributed by atoms with Gasteiger partial charge in [-0.25, -0.2) is 0 Å². The van der Waals surface area contributed by atoms with Crippen molar-refractivity contribution in [3.8, 4) is 0 Å². The second-order valence-electron chi connectivity index (χ2n) is 6.11. The molecule has 0 radical (unpaired) electrons. The molecule has 2 fully saturated rings. The second-order valence-corrected chi connectivity index (χ2v) is 6.11. The van der Waals surface area contributed by atoms with Crippen molar-refractivity contribution < 1.29 is 19.4 Å². The Morgan fingerprint density at radius 1 is 0.667 bits per heavy atom. The SMILES string of the molecule is C1COCC[NH2+]1.c1ccc([B-]2(c3ccccc3)OCCCO2)cc1. The first-order valence-electron chi connectivity index (χ1n) is 8.84. The van der Waals surface area contributed by atoms with Crippen molar-refractivity contribution >= 4 is 17.5 Å². The molecule has 4 rings (SSSR count). The molecule has 0 atom stereocenters. The van der Waals surface area contributed by atoms with Gasteiger partial charge in [0.05, 0.1) is 26.3 Å². The summed E-state index contributed by atoms with van der Waals surface area (Å²) in [6.45, 7) is 4.20. The van der Waals surface area contributed by atoms with Gasteiger partial charge in [-0.1, -0.05) is 60.7 Å². The van der Waals surface area contributed by atoms with Crippen LogP contribution in [0.1, 0.15) is 6.42 Å². The van der Waals surface area contributed by atoms with Crippen LogP contribution in [0.2, 0.25) is 0 Å². The Morgan fingerprint density at radius 2 is 1.17 bits per heavy atom. The summed E-state index contributed by atoms with van der Waals surface area (Å²) in [6, 6.07) is 20.5. The molecule has 2 aromatic rings. The molecule has 0 aliphatic carbocycles. The molecule has 2 heterocycles. The fraction of sp³-hybridized carbons (Fsp3) is 0.368. The van der Waals surface area contributed by atoms with Crippen LogP contribution >= 0.6 is 0 Å². The van der Waals surface area contributed by atoms with Gasteiger partial charge in [-0.2, -0.15) is 0 Å². The van der Waals surface area contributed by atoms with E-state index in [4.69, 9.17) is 14.0 Å². The van der Waals surface area contributed by atoms with E-state index in [0.717, 1.165) is 56.9 Å². The Bertz CT molecular complexity index is 531. The van der Waals surface area contributed by atoms with Crippen molar-refractivity contribution in [1.29, 1.82) is 0 Å². The number of nitrogens with two attached hydrogens (primary N) is 1. The lowest BCUT2D eigenvalue weighted by Crippen LogP contribution is -2.87. The number of benzene rings is 2. The standard InChI is InChI=1S/C15H16BO2.C4H9NO/c1-3-8-14(9-4-1)16(17-12-7-13-18-16)15-10-5-2-6-11-15;1-3-6-4-2-5-1/h1-6,8-11H,7,12-13H2;5H,1-4H2/q-1;/p+1. The fourth-order valence-corrected chi connectivity index (χ4v) is 3.18. The molecule has 128 valence electrons. The van der Waals surface area contributed by atoms with Crippen molar-refractivity contribution in [3.63, 3.8) is 0 Å². The highest BCUT2D eigenvalue weighted by Gasteiger charge is 2.32. The molecule has 0 aromatic heterocycles. The van der Waals surface area contributed by atoms with Gasteiger partial charge >= 0.3 is 0 Å². The normalized spacial score (nSPS) is 19.8. The van der Waals surface area contributed by atoms with Gasteiger partial charge in [-0.05, 0) is 6.42 Å². The molecule has 2 aliphatic rings. The van der Waals surface area contributed by atoms with Crippen molar-refractivity contribution in [2.45, 2.75) is 6.42 Å². The van der Waals surface area contributed by atoms with Crippen LogP contribution in [0, 0.1) is 0 Å². The molecular weight excluding hydrogens is 301 g/mol. The summed E-state index contributed by atoms with van der Waals surface area (Å²) in [5.74, 6) is 0. The molecule has 0 unspecified atom stereocenters. The number of quaternary nitrogens is 1. The first-order valence-corrected chi connectivity index (χ1v) is 8.84. The van der Waals surface area contributed by atoms with Crippen LogP contribution in [-0.4, -0.2) is 46.1 Å². The first kappa shape index (κ1) is 17.2. The largest absolute Gasteiger partial charge is 0.561 e. The predicted molar refractivity (Wildman–Crippen MR) is 96.9 cm³/mol. The maximum atomic E-state index is 6.08. The van der Waals surface area contributed by atoms with Gasteiger partial charge in [0.15, 0.2) is 0 Å². The van der Waals surface area contributed by atoms with E-state index in [-0.39, 0.29) is 0 Å². The molecule has 24 heavy (non-hydrogen) atoms. The molecular formula is C19H26BNO3. The lowest BCUT2D eigenvalue weighted by atomic mass is 9.46. The number of hydrogen-bond donors (Lipinski definition) is 1. The Kier molecular flexibility index (Phi) is 6.44. The molecule has 2 aliphatic heterocycles. The third-order valence-electron chi connectivity index (χ3n) is 4.40. The smallest absolute Gasteiger partial charge is 0.298 e. The average molecular weight is 327 g/mol. The van der Waals surface area contributed by atoms with Crippen LogP contribution in [0.4, 0.5) is 0 Å². The van der Waals surface area contributed by atoms with Crippen molar-refractivity contribution in [2.24, 2.45) is 0 Å². The van der Waals surface area contributed by atoms with Crippen LogP contribution in [0.15, 0.2) is 60.7 Å². The van der Waals surface area contributed by atoms with E-state index in [0.29, 0.717) is 0 Å². The highest BCUT2D eigenvalue weighted by Crippen LogP contribution is 2.14. The number of rotatable bonds is 2. The maximum absolute atomic E-state index is 6.08. The third-order valence-corrected chi connectivity index (χ3v) is 4.40. The Morgan fingerprint density at radius 3 is 1.54 bits per heavy atom. The van der Waals surface area contributed by atoms with Crippen molar-refractivity contribution in [1.82, 2.24) is 0 Å². The fourth-order valence-electron chi connectivity index (χ4n) is 3.18. The summed E-state index contributed by atoms with van der Waals surface area (Å²) in [4.78, 5) is 0. The monoisotopic (exact) mass is 327 g/mol. The molecule has 0 saturated carbocycles. The zero-order valence-electron chi connectivity index (χ0n) is 14.1. The zero-order chi connectivity index (χ0) is 16.5. The Hall–Kier alpha value is -1.66. The first-order chi connectivity index (χ1) is 11.9. The van der Waals surface area contributed by atoms with E-state index in [2.05, 4.69) is 29.6 Å². The minimum Gasteiger partial charge on any atom is -0.561 e. The molecule has 0 spiro atoms. The lowest BCUT2D eigenvalue weighted by molar-refractivity contribution is -0.670. The van der Waals surface area contributed by atoms with Gasteiger partial charge in [-0.3, -0.25) is 0 Å². The number of hydrogen-bond acceptors (Lipinski definition) is 3. The Balaban J connectivity index is 0.000000238. The predicted octanol–water partition coefficient (Wildman–Crippen LogP) is 0.260. The van der Waals surface area contributed by atoms with Crippen LogP contribution in [0.25, 0.3) is 0 Å². The van der Waals surface area contributed by atoms with E-state index in [9.17, 15) is 0 Å². The number of ether oxygens (including phenoxy) is 1. The van der Waals surface area contributed by atoms with E-state index in [1.165, 1.54) is 0 Å². The molecule has 4 nitrogen and oxygen atoms in total. The molecule has 2 N–H and O–H groups in total. The van der Waals surface area contributed by atoms with Gasteiger partial charge < -0.3 is 19.4 Å². The van der Waals surface area contributed by atoms with Crippen LogP contribution in [0.3, 0.4) is 0 Å². The topological polar surface area (TPSA) is 44.3 Å². The minimum atomic E-state index is -1.50. The highest BCUT2D eigenvalue weighted by atomic mass is 16.6. The van der Waals surface area contributed by atoms with E-state index >= 15 is 0 Å². The van der Waals surface area contributed by atoms with E-state index < -0.39 is 6.55 Å². The Labute approximate surface area is 144 Å². The third kappa shape index (κ3) is 4.25. The summed E-state index contributed by atoms with van der Waals surface area (Å²) in [7, 11) is 0. The maximum Gasteiger partial charge on any atom is 0.298 e. The lowest BCUT2D eigenvalue weighted by Gasteiger charge is -2.46. The molecule has 2 saturated heterocycles. The second kappa shape index (κ2) is 8.99. The van der Waals surface area contributed by atoms with Gasteiger partial charge in [0, 0.05) is 13.2 Å². The summed E-state index contributed by atoms with van der Waals surface area (Å²) >= 11 is 0. The summed E-state index contributed by atoms with van der Waals surface area (Å²) in [5.41, 5.74) is 2.23. The summed E-state index contributed by atoms with van der Waals surface area (Å²) in [6.07, 6.45) is 0.961. The molecule has 0 bridgehead atoms. The van der Waals surface area contributed by atoms with Crippen molar-refractivity contribution in [3.05, 3.63) is 60.7 Å². The molecule has 5 heteroatoms. The highest BCUT2D eigenvalue weighted by molar-refractivity contribution is 6.92. The number of morpholine rings is 1. The molecule has 0 amide bonds. The summed E-state index contributed by atoms with van der Waals surface area (Å²) in [5, 5.41) is 2.27. The van der Waals surface area contributed by atoms with E-state index in [1.54, 1.807) is 0 Å². The van der Waals surface area contributed by atoms with Crippen LogP contribution < -0.4 is 16.2 Å². The van der Waals surface area contributed by atoms with E-state index in [1.807, 2.05) is 36.4 Å². The molecule has 2 aromatic carbocycles. The summed E-state index contributed by atoms with van der Waals surface area (Å²) < 4.78 is 17.2. The minimum absolute atomic E-state index is 0.754. The van der Waals surface area contributed by atoms with Crippen LogP contribution in [0.5, 0.6) is 0 Å². The van der Waals surface area contributed by atoms with Gasteiger partial charge in [0.1, 0.15) is 0 Å². The van der Waals surface area contributed by atoms with Gasteiger partial charge in [0.2, 0.25) is 0 Å². The zero-order valence-corrected chi connectivity index (χ0v) is 14.1. The quantitative estimate of drug-likeness (QED) is 0.805. The van der Waals surface area contributed by atoms with Crippen molar-refractivity contribution in [2.75, 3.05) is 39.5 Å².